The maximum Gasteiger partial charge on any atom is 0.264 e. The van der Waals surface area contributed by atoms with Crippen molar-refractivity contribution in [3.63, 3.8) is 0 Å². The first kappa shape index (κ1) is 24.5. The summed E-state index contributed by atoms with van der Waals surface area (Å²) in [6, 6.07) is 22.9. The number of benzene rings is 3. The van der Waals surface area contributed by atoms with Crippen molar-refractivity contribution in [2.24, 2.45) is 0 Å². The van der Waals surface area contributed by atoms with Crippen LogP contribution in [0.5, 0.6) is 0 Å². The van der Waals surface area contributed by atoms with Gasteiger partial charge in [0, 0.05) is 26.1 Å². The Bertz CT molecular complexity index is 1310. The number of para-hydroxylation sites is 1. The summed E-state index contributed by atoms with van der Waals surface area (Å²) in [5.41, 5.74) is 3.10. The Hall–Kier alpha value is -3.65. The zero-order valence-electron chi connectivity index (χ0n) is 19.7. The van der Waals surface area contributed by atoms with Crippen LogP contribution in [-0.4, -0.2) is 38.2 Å². The number of carbonyl (C=O) groups excluding carboxylic acids is 2. The average molecular weight is 492 g/mol. The Morgan fingerprint density at radius 2 is 1.69 bits per heavy atom. The fourth-order valence-corrected chi connectivity index (χ4v) is 5.69. The lowest BCUT2D eigenvalue weighted by Crippen LogP contribution is -2.41. The third-order valence-corrected chi connectivity index (χ3v) is 7.80. The van der Waals surface area contributed by atoms with E-state index in [9.17, 15) is 18.0 Å². The monoisotopic (exact) mass is 491 g/mol. The summed E-state index contributed by atoms with van der Waals surface area (Å²) in [5.74, 6) is -0.243. The van der Waals surface area contributed by atoms with Crippen molar-refractivity contribution >= 4 is 27.5 Å². The molecular weight excluding hydrogens is 462 g/mol. The number of sulfonamides is 1. The molecule has 35 heavy (non-hydrogen) atoms. The average Bonchev–Trinajstić information content (AvgIpc) is 3.26. The molecule has 1 saturated heterocycles. The maximum absolute atomic E-state index is 13.4. The summed E-state index contributed by atoms with van der Waals surface area (Å²) >= 11 is 0. The predicted molar refractivity (Wildman–Crippen MR) is 135 cm³/mol. The first-order valence-electron chi connectivity index (χ1n) is 11.6. The van der Waals surface area contributed by atoms with Crippen LogP contribution in [0.2, 0.25) is 0 Å². The van der Waals surface area contributed by atoms with Crippen LogP contribution in [0.1, 0.15) is 29.5 Å². The largest absolute Gasteiger partial charge is 0.350 e. The Balaban J connectivity index is 1.48. The Kier molecular flexibility index (Phi) is 7.51. The lowest BCUT2D eigenvalue weighted by atomic mass is 10.1. The molecule has 1 aliphatic rings. The molecule has 1 aliphatic heterocycles. The van der Waals surface area contributed by atoms with Crippen LogP contribution in [0.4, 0.5) is 5.69 Å². The van der Waals surface area contributed by atoms with Gasteiger partial charge >= 0.3 is 0 Å². The molecule has 8 heteroatoms. The van der Waals surface area contributed by atoms with E-state index in [1.54, 1.807) is 30.3 Å². The highest BCUT2D eigenvalue weighted by molar-refractivity contribution is 7.92. The summed E-state index contributed by atoms with van der Waals surface area (Å²) in [6.07, 6.45) is 1.48. The van der Waals surface area contributed by atoms with Gasteiger partial charge in [0.2, 0.25) is 11.8 Å². The lowest BCUT2D eigenvalue weighted by molar-refractivity contribution is -0.128. The summed E-state index contributed by atoms with van der Waals surface area (Å²) in [6.45, 7) is 3.05. The van der Waals surface area contributed by atoms with Crippen molar-refractivity contribution in [2.75, 3.05) is 17.4 Å². The van der Waals surface area contributed by atoms with Gasteiger partial charge in [-0.1, -0.05) is 60.7 Å². The van der Waals surface area contributed by atoms with Gasteiger partial charge in [-0.3, -0.25) is 13.9 Å². The Morgan fingerprint density at radius 1 is 0.971 bits per heavy atom. The normalized spacial score (nSPS) is 13.6. The Labute approximate surface area is 206 Å². The van der Waals surface area contributed by atoms with E-state index in [2.05, 4.69) is 5.32 Å². The smallest absolute Gasteiger partial charge is 0.264 e. The predicted octanol–water partition coefficient (Wildman–Crippen LogP) is 3.63. The molecule has 1 N–H and O–H groups in total. The standard InChI is InChI=1S/C27H29N3O4S/c1-21-9-5-6-14-25(21)30(35(33,34)24-12-3-2-4-13-24)20-26(31)28-18-22-10-7-11-23(17-22)19-29-16-8-15-27(29)32/h2-7,9-14,17H,8,15-16,18-20H2,1H3,(H,28,31). The van der Waals surface area contributed by atoms with Gasteiger partial charge in [0.15, 0.2) is 0 Å². The molecule has 3 aromatic rings. The molecule has 1 heterocycles. The topological polar surface area (TPSA) is 86.8 Å². The van der Waals surface area contributed by atoms with Crippen molar-refractivity contribution < 1.29 is 18.0 Å². The lowest BCUT2D eigenvalue weighted by Gasteiger charge is -2.25. The summed E-state index contributed by atoms with van der Waals surface area (Å²) < 4.78 is 28.0. The van der Waals surface area contributed by atoms with E-state index in [0.29, 0.717) is 18.7 Å². The van der Waals surface area contributed by atoms with Crippen LogP contribution >= 0.6 is 0 Å². The zero-order valence-corrected chi connectivity index (χ0v) is 20.5. The van der Waals surface area contributed by atoms with Gasteiger partial charge in [-0.25, -0.2) is 8.42 Å². The quantitative estimate of drug-likeness (QED) is 0.495. The number of amides is 2. The van der Waals surface area contributed by atoms with Crippen molar-refractivity contribution in [3.05, 3.63) is 95.6 Å². The van der Waals surface area contributed by atoms with E-state index in [1.807, 2.05) is 48.2 Å². The summed E-state index contributed by atoms with van der Waals surface area (Å²) in [7, 11) is -3.94. The second-order valence-electron chi connectivity index (χ2n) is 8.63. The molecular formula is C27H29N3O4S. The first-order chi connectivity index (χ1) is 16.8. The number of hydrogen-bond acceptors (Lipinski definition) is 4. The molecule has 0 atom stereocenters. The van der Waals surface area contributed by atoms with Crippen LogP contribution in [0.25, 0.3) is 0 Å². The van der Waals surface area contributed by atoms with Gasteiger partial charge in [0.1, 0.15) is 6.54 Å². The minimum absolute atomic E-state index is 0.125. The molecule has 182 valence electrons. The fourth-order valence-electron chi connectivity index (χ4n) is 4.18. The van der Waals surface area contributed by atoms with Gasteiger partial charge in [-0.05, 0) is 48.2 Å². The fraction of sp³-hybridized carbons (Fsp3) is 0.259. The number of carbonyl (C=O) groups is 2. The van der Waals surface area contributed by atoms with Crippen molar-refractivity contribution in [1.29, 1.82) is 0 Å². The van der Waals surface area contributed by atoms with Crippen LogP contribution in [-0.2, 0) is 32.7 Å². The number of nitrogens with one attached hydrogen (secondary N) is 1. The molecule has 1 fully saturated rings. The van der Waals surface area contributed by atoms with Crippen LogP contribution < -0.4 is 9.62 Å². The van der Waals surface area contributed by atoms with Crippen molar-refractivity contribution in [2.45, 2.75) is 37.8 Å². The minimum Gasteiger partial charge on any atom is -0.350 e. The third kappa shape index (κ3) is 5.89. The van der Waals surface area contributed by atoms with Gasteiger partial charge in [-0.2, -0.15) is 0 Å². The number of rotatable bonds is 9. The number of anilines is 1. The van der Waals surface area contributed by atoms with Gasteiger partial charge < -0.3 is 10.2 Å². The molecule has 2 amide bonds. The highest BCUT2D eigenvalue weighted by Gasteiger charge is 2.28. The molecule has 0 unspecified atom stereocenters. The molecule has 0 aromatic heterocycles. The van der Waals surface area contributed by atoms with Crippen LogP contribution in [0, 0.1) is 6.92 Å². The first-order valence-corrected chi connectivity index (χ1v) is 13.0. The SMILES string of the molecule is Cc1ccccc1N(CC(=O)NCc1cccc(CN2CCCC2=O)c1)S(=O)(=O)c1ccccc1. The van der Waals surface area contributed by atoms with Crippen LogP contribution in [0.15, 0.2) is 83.8 Å². The van der Waals surface area contributed by atoms with E-state index < -0.39 is 15.9 Å². The van der Waals surface area contributed by atoms with Gasteiger partial charge in [0.25, 0.3) is 10.0 Å². The molecule has 0 saturated carbocycles. The Morgan fingerprint density at radius 3 is 2.40 bits per heavy atom. The molecule has 3 aromatic carbocycles. The van der Waals surface area contributed by atoms with E-state index >= 15 is 0 Å². The van der Waals surface area contributed by atoms with Crippen LogP contribution in [0.3, 0.4) is 0 Å². The van der Waals surface area contributed by atoms with E-state index in [0.717, 1.165) is 34.0 Å². The van der Waals surface area contributed by atoms with E-state index in [-0.39, 0.29) is 23.9 Å². The minimum atomic E-state index is -3.94. The van der Waals surface area contributed by atoms with Gasteiger partial charge in [0.05, 0.1) is 10.6 Å². The van der Waals surface area contributed by atoms with Crippen molar-refractivity contribution in [3.8, 4) is 0 Å². The number of hydrogen-bond donors (Lipinski definition) is 1. The second kappa shape index (κ2) is 10.7. The van der Waals surface area contributed by atoms with Gasteiger partial charge in [-0.15, -0.1) is 0 Å². The van der Waals surface area contributed by atoms with E-state index in [1.165, 1.54) is 12.1 Å². The molecule has 0 bridgehead atoms. The van der Waals surface area contributed by atoms with E-state index in [4.69, 9.17) is 0 Å². The number of aryl methyl sites for hydroxylation is 1. The third-order valence-electron chi connectivity index (χ3n) is 6.03. The molecule has 0 aliphatic carbocycles. The second-order valence-corrected chi connectivity index (χ2v) is 10.5. The highest BCUT2D eigenvalue weighted by Crippen LogP contribution is 2.26. The molecule has 0 radical (unpaired) electrons. The summed E-state index contributed by atoms with van der Waals surface area (Å²) in [5, 5.41) is 2.85. The highest BCUT2D eigenvalue weighted by atomic mass is 32.2. The zero-order chi connectivity index (χ0) is 24.8. The maximum atomic E-state index is 13.4. The summed E-state index contributed by atoms with van der Waals surface area (Å²) in [4.78, 5) is 26.8. The molecule has 7 nitrogen and oxygen atoms in total. The van der Waals surface area contributed by atoms with Crippen molar-refractivity contribution in [1.82, 2.24) is 10.2 Å². The molecule has 4 rings (SSSR count). The molecule has 0 spiro atoms. The number of likely N-dealkylation sites (tertiary alicyclic amines) is 1. The number of nitrogens with zero attached hydrogens (tertiary/aromatic N) is 2.